The number of likely N-dealkylation sites (N-methyl/N-ethyl adjacent to an activating group) is 1. The molecule has 0 saturated carbocycles. The highest BCUT2D eigenvalue weighted by molar-refractivity contribution is 7.91. The number of sulfone groups is 1. The maximum Gasteiger partial charge on any atom is 0.236 e. The Hall–Kier alpha value is -1.60. The summed E-state index contributed by atoms with van der Waals surface area (Å²) in [6, 6.07) is 8.40. The van der Waals surface area contributed by atoms with E-state index in [9.17, 15) is 13.2 Å². The Morgan fingerprint density at radius 3 is 2.56 bits per heavy atom. The molecule has 1 amide bonds. The number of aryl methyl sites for hydroxylation is 1. The molecule has 0 N–H and O–H groups in total. The number of benzene rings is 1. The maximum atomic E-state index is 12.5. The van der Waals surface area contributed by atoms with Gasteiger partial charge in [-0.3, -0.25) is 9.69 Å². The molecule has 6 nitrogen and oxygen atoms in total. The quantitative estimate of drug-likeness (QED) is 0.789. The summed E-state index contributed by atoms with van der Waals surface area (Å²) in [5.74, 6) is 0.513. The highest BCUT2D eigenvalue weighted by Gasteiger charge is 2.32. The maximum absolute atomic E-state index is 12.5. The van der Waals surface area contributed by atoms with Gasteiger partial charge in [-0.2, -0.15) is 0 Å². The molecule has 1 atom stereocenters. The molecule has 0 bridgehead atoms. The molecule has 2 aliphatic rings. The van der Waals surface area contributed by atoms with E-state index in [4.69, 9.17) is 0 Å². The van der Waals surface area contributed by atoms with Crippen molar-refractivity contribution in [2.24, 2.45) is 0 Å². The minimum Gasteiger partial charge on any atom is -0.368 e. The number of amides is 1. The van der Waals surface area contributed by atoms with Crippen LogP contribution in [-0.4, -0.2) is 81.4 Å². The molecule has 0 radical (unpaired) electrons. The number of carbonyl (C=O) groups excluding carboxylic acids is 1. The molecule has 1 aromatic carbocycles. The van der Waals surface area contributed by atoms with Crippen molar-refractivity contribution in [3.05, 3.63) is 29.8 Å². The molecule has 1 unspecified atom stereocenters. The van der Waals surface area contributed by atoms with Crippen LogP contribution in [0.4, 0.5) is 5.69 Å². The predicted octanol–water partition coefficient (Wildman–Crippen LogP) is 0.763. The summed E-state index contributed by atoms with van der Waals surface area (Å²) in [6.45, 7) is 5.47. The number of hydrogen-bond donors (Lipinski definition) is 0. The summed E-state index contributed by atoms with van der Waals surface area (Å²) in [5, 5.41) is 0. The van der Waals surface area contributed by atoms with Crippen molar-refractivity contribution in [1.29, 1.82) is 0 Å². The van der Waals surface area contributed by atoms with Crippen LogP contribution in [0.2, 0.25) is 0 Å². The lowest BCUT2D eigenvalue weighted by atomic mass is 10.2. The summed E-state index contributed by atoms with van der Waals surface area (Å²) in [4.78, 5) is 18.6. The fourth-order valence-corrected chi connectivity index (χ4v) is 5.41. The number of carbonyl (C=O) groups is 1. The van der Waals surface area contributed by atoms with Gasteiger partial charge in [-0.1, -0.05) is 12.1 Å². The van der Waals surface area contributed by atoms with Gasteiger partial charge in [-0.15, -0.1) is 0 Å². The number of nitrogens with zero attached hydrogens (tertiary/aromatic N) is 3. The van der Waals surface area contributed by atoms with Crippen LogP contribution in [0.25, 0.3) is 0 Å². The van der Waals surface area contributed by atoms with Crippen LogP contribution in [0, 0.1) is 6.92 Å². The van der Waals surface area contributed by atoms with Crippen molar-refractivity contribution in [1.82, 2.24) is 9.80 Å². The second-order valence-electron chi connectivity index (χ2n) is 7.18. The summed E-state index contributed by atoms with van der Waals surface area (Å²) in [7, 11) is -1.06. The fourth-order valence-electron chi connectivity index (χ4n) is 3.60. The lowest BCUT2D eigenvalue weighted by Gasteiger charge is -2.37. The topological polar surface area (TPSA) is 60.9 Å². The number of piperazine rings is 1. The van der Waals surface area contributed by atoms with E-state index in [2.05, 4.69) is 36.1 Å². The van der Waals surface area contributed by atoms with Crippen LogP contribution in [0.3, 0.4) is 0 Å². The average Bonchev–Trinajstić information content (AvgIpc) is 2.95. The first-order valence-electron chi connectivity index (χ1n) is 8.84. The Balaban J connectivity index is 1.50. The summed E-state index contributed by atoms with van der Waals surface area (Å²) >= 11 is 0. The lowest BCUT2D eigenvalue weighted by Crippen LogP contribution is -2.52. The molecule has 0 spiro atoms. The lowest BCUT2D eigenvalue weighted by molar-refractivity contribution is -0.132. The number of anilines is 1. The minimum atomic E-state index is -2.92. The molecule has 0 aromatic heterocycles. The van der Waals surface area contributed by atoms with Crippen LogP contribution in [0.5, 0.6) is 0 Å². The van der Waals surface area contributed by atoms with E-state index in [0.29, 0.717) is 26.1 Å². The Morgan fingerprint density at radius 2 is 1.96 bits per heavy atom. The molecule has 2 heterocycles. The molecule has 0 aliphatic carbocycles. The summed E-state index contributed by atoms with van der Waals surface area (Å²) in [6.07, 6.45) is 0.632. The van der Waals surface area contributed by atoms with Gasteiger partial charge in [-0.25, -0.2) is 8.42 Å². The number of rotatable bonds is 4. The van der Waals surface area contributed by atoms with E-state index in [1.165, 1.54) is 11.3 Å². The zero-order valence-electron chi connectivity index (χ0n) is 15.0. The van der Waals surface area contributed by atoms with Crippen LogP contribution >= 0.6 is 0 Å². The van der Waals surface area contributed by atoms with Crippen molar-refractivity contribution in [2.45, 2.75) is 19.4 Å². The van der Waals surface area contributed by atoms with Gasteiger partial charge in [0.05, 0.1) is 18.1 Å². The Labute approximate surface area is 150 Å². The van der Waals surface area contributed by atoms with Crippen LogP contribution < -0.4 is 4.90 Å². The third-order valence-electron chi connectivity index (χ3n) is 5.22. The highest BCUT2D eigenvalue weighted by Crippen LogP contribution is 2.19. The van der Waals surface area contributed by atoms with Gasteiger partial charge in [0, 0.05) is 37.9 Å². The zero-order chi connectivity index (χ0) is 18.0. The predicted molar refractivity (Wildman–Crippen MR) is 99.7 cm³/mol. The van der Waals surface area contributed by atoms with Crippen molar-refractivity contribution in [2.75, 3.05) is 56.2 Å². The van der Waals surface area contributed by atoms with Gasteiger partial charge in [-0.05, 0) is 38.1 Å². The second kappa shape index (κ2) is 7.33. The molecule has 2 fully saturated rings. The highest BCUT2D eigenvalue weighted by atomic mass is 32.2. The van der Waals surface area contributed by atoms with E-state index >= 15 is 0 Å². The van der Waals surface area contributed by atoms with Gasteiger partial charge in [0.2, 0.25) is 5.91 Å². The van der Waals surface area contributed by atoms with Gasteiger partial charge in [0.15, 0.2) is 9.84 Å². The van der Waals surface area contributed by atoms with E-state index < -0.39 is 9.84 Å². The molecule has 1 aromatic rings. The van der Waals surface area contributed by atoms with E-state index in [1.54, 1.807) is 0 Å². The third-order valence-corrected chi connectivity index (χ3v) is 6.97. The largest absolute Gasteiger partial charge is 0.368 e. The monoisotopic (exact) mass is 365 g/mol. The molecule has 138 valence electrons. The van der Waals surface area contributed by atoms with Gasteiger partial charge >= 0.3 is 0 Å². The molecule has 7 heteroatoms. The first kappa shape index (κ1) is 18.2. The molecule has 2 aliphatic heterocycles. The number of hydrogen-bond acceptors (Lipinski definition) is 5. The minimum absolute atomic E-state index is 0.0254. The second-order valence-corrected chi connectivity index (χ2v) is 9.41. The van der Waals surface area contributed by atoms with Crippen molar-refractivity contribution in [3.63, 3.8) is 0 Å². The SMILES string of the molecule is Cc1cccc(N2CCN(C(=O)CN(C)C3CCS(=O)(=O)C3)CC2)c1. The van der Waals surface area contributed by atoms with Crippen LogP contribution in [0.15, 0.2) is 24.3 Å². The zero-order valence-corrected chi connectivity index (χ0v) is 15.8. The Morgan fingerprint density at radius 1 is 1.24 bits per heavy atom. The normalized spacial score (nSPS) is 23.2. The van der Waals surface area contributed by atoms with E-state index in [1.807, 2.05) is 16.8 Å². The van der Waals surface area contributed by atoms with E-state index in [-0.39, 0.29) is 23.5 Å². The first-order chi connectivity index (χ1) is 11.8. The van der Waals surface area contributed by atoms with E-state index in [0.717, 1.165) is 13.1 Å². The summed E-state index contributed by atoms with van der Waals surface area (Å²) in [5.41, 5.74) is 2.45. The van der Waals surface area contributed by atoms with Crippen molar-refractivity contribution >= 4 is 21.4 Å². The molecule has 2 saturated heterocycles. The van der Waals surface area contributed by atoms with Gasteiger partial charge < -0.3 is 9.80 Å². The third kappa shape index (κ3) is 4.52. The summed E-state index contributed by atoms with van der Waals surface area (Å²) < 4.78 is 23.2. The first-order valence-corrected chi connectivity index (χ1v) is 10.7. The smallest absolute Gasteiger partial charge is 0.236 e. The van der Waals surface area contributed by atoms with Crippen molar-refractivity contribution < 1.29 is 13.2 Å². The Kier molecular flexibility index (Phi) is 5.34. The molecule has 25 heavy (non-hydrogen) atoms. The van der Waals surface area contributed by atoms with Crippen molar-refractivity contribution in [3.8, 4) is 0 Å². The van der Waals surface area contributed by atoms with Gasteiger partial charge in [0.25, 0.3) is 0 Å². The van der Waals surface area contributed by atoms with Crippen LogP contribution in [-0.2, 0) is 14.6 Å². The van der Waals surface area contributed by atoms with Gasteiger partial charge in [0.1, 0.15) is 0 Å². The average molecular weight is 365 g/mol. The standard InChI is InChI=1S/C18H27N3O3S/c1-15-4-3-5-16(12-15)20-7-9-21(10-8-20)18(22)13-19(2)17-6-11-25(23,24)14-17/h3-5,12,17H,6-11,13-14H2,1-2H3. The Bertz CT molecular complexity index is 727. The fraction of sp³-hybridized carbons (Fsp3) is 0.611. The van der Waals surface area contributed by atoms with Crippen LogP contribution in [0.1, 0.15) is 12.0 Å². The molecular formula is C18H27N3O3S. The molecular weight excluding hydrogens is 338 g/mol. The molecule has 3 rings (SSSR count).